The fourth-order valence-electron chi connectivity index (χ4n) is 4.01. The number of hydrogen-bond acceptors (Lipinski definition) is 7. The molecule has 164 valence electrons. The second-order valence-corrected chi connectivity index (χ2v) is 9.21. The molecule has 3 rings (SSSR count). The summed E-state index contributed by atoms with van der Waals surface area (Å²) in [4.78, 5) is 27.9. The van der Waals surface area contributed by atoms with Gasteiger partial charge in [-0.3, -0.25) is 4.79 Å². The molecule has 1 aromatic rings. The van der Waals surface area contributed by atoms with Crippen molar-refractivity contribution in [1.29, 1.82) is 0 Å². The number of sulfonamides is 1. The fourth-order valence-corrected chi connectivity index (χ4v) is 5.31. The molecule has 2 N–H and O–H groups in total. The monoisotopic (exact) mass is 448 g/mol. The molecular formula is C18H19F3N2O6S. The number of esters is 1. The van der Waals surface area contributed by atoms with Crippen molar-refractivity contribution in [2.75, 3.05) is 7.11 Å². The Labute approximate surface area is 170 Å². The number of halogens is 3. The van der Waals surface area contributed by atoms with E-state index in [9.17, 15) is 36.3 Å². The minimum absolute atomic E-state index is 0.0127. The first kappa shape index (κ1) is 22.4. The van der Waals surface area contributed by atoms with Crippen LogP contribution in [-0.2, 0) is 30.5 Å². The van der Waals surface area contributed by atoms with E-state index in [4.69, 9.17) is 0 Å². The van der Waals surface area contributed by atoms with Crippen LogP contribution in [0.25, 0.3) is 0 Å². The summed E-state index contributed by atoms with van der Waals surface area (Å²) in [6.07, 6.45) is -2.91. The van der Waals surface area contributed by atoms with Gasteiger partial charge >= 0.3 is 12.1 Å². The Balaban J connectivity index is 1.97. The Hall–Kier alpha value is -2.31. The van der Waals surface area contributed by atoms with Crippen molar-refractivity contribution in [3.63, 3.8) is 0 Å². The summed E-state index contributed by atoms with van der Waals surface area (Å²) >= 11 is 0. The van der Waals surface area contributed by atoms with E-state index in [0.717, 1.165) is 19.3 Å². The fraction of sp³-hybridized carbons (Fsp3) is 0.500. The van der Waals surface area contributed by atoms with Crippen LogP contribution in [0.5, 0.6) is 0 Å². The van der Waals surface area contributed by atoms with E-state index in [1.807, 2.05) is 0 Å². The second kappa shape index (κ2) is 7.13. The van der Waals surface area contributed by atoms with Gasteiger partial charge in [-0.05, 0) is 38.0 Å². The first-order valence-corrected chi connectivity index (χ1v) is 10.4. The minimum Gasteiger partial charge on any atom is -0.466 e. The molecule has 0 radical (unpaired) electrons. The van der Waals surface area contributed by atoms with E-state index >= 15 is 0 Å². The highest BCUT2D eigenvalue weighted by Gasteiger charge is 2.58. The molecule has 30 heavy (non-hydrogen) atoms. The number of rotatable bonds is 4. The maximum atomic E-state index is 12.7. The van der Waals surface area contributed by atoms with Gasteiger partial charge in [-0.2, -0.15) is 13.2 Å². The average molecular weight is 448 g/mol. The van der Waals surface area contributed by atoms with Crippen molar-refractivity contribution < 1.29 is 41.0 Å². The van der Waals surface area contributed by atoms with Crippen LogP contribution in [0, 0.1) is 5.92 Å². The van der Waals surface area contributed by atoms with Crippen molar-refractivity contribution in [2.24, 2.45) is 5.92 Å². The van der Waals surface area contributed by atoms with Gasteiger partial charge in [0.15, 0.2) is 16.4 Å². The average Bonchev–Trinajstić information content (AvgIpc) is 2.94. The third kappa shape index (κ3) is 3.74. The zero-order chi connectivity index (χ0) is 22.5. The molecule has 12 heteroatoms. The molecule has 1 fully saturated rings. The molecule has 1 saturated carbocycles. The maximum Gasteiger partial charge on any atom is 0.417 e. The summed E-state index contributed by atoms with van der Waals surface area (Å²) in [6.45, 7) is 1.43. The molecule has 1 heterocycles. The molecule has 2 aliphatic rings. The first-order chi connectivity index (χ1) is 13.7. The Morgan fingerprint density at radius 2 is 2.03 bits per heavy atom. The molecule has 0 spiro atoms. The van der Waals surface area contributed by atoms with Gasteiger partial charge in [0.05, 0.1) is 18.2 Å². The Morgan fingerprint density at radius 1 is 1.37 bits per heavy atom. The third-order valence-electron chi connectivity index (χ3n) is 5.39. The first-order valence-electron chi connectivity index (χ1n) is 8.87. The highest BCUT2D eigenvalue weighted by Crippen LogP contribution is 2.47. The van der Waals surface area contributed by atoms with E-state index in [2.05, 4.69) is 14.4 Å². The van der Waals surface area contributed by atoms with Crippen LogP contribution in [0.2, 0.25) is 0 Å². The molecule has 2 aliphatic carbocycles. The molecule has 1 aromatic heterocycles. The molecule has 0 aromatic carbocycles. The van der Waals surface area contributed by atoms with Crippen molar-refractivity contribution in [3.05, 3.63) is 35.5 Å². The van der Waals surface area contributed by atoms with Crippen LogP contribution in [0.15, 0.2) is 35.0 Å². The van der Waals surface area contributed by atoms with Crippen molar-refractivity contribution in [3.8, 4) is 0 Å². The van der Waals surface area contributed by atoms with Gasteiger partial charge < -0.3 is 9.84 Å². The summed E-state index contributed by atoms with van der Waals surface area (Å²) in [6, 6.07) is 1.31. The zero-order valence-corrected chi connectivity index (χ0v) is 16.8. The number of hydrogen-bond donors (Lipinski definition) is 2. The summed E-state index contributed by atoms with van der Waals surface area (Å²) in [5.74, 6) is -2.27. The lowest BCUT2D eigenvalue weighted by atomic mass is 9.70. The Kier molecular flexibility index (Phi) is 5.32. The van der Waals surface area contributed by atoms with Crippen LogP contribution < -0.4 is 4.72 Å². The third-order valence-corrected chi connectivity index (χ3v) is 6.92. The summed E-state index contributed by atoms with van der Waals surface area (Å²) in [5.41, 5.74) is -4.96. The predicted octanol–water partition coefficient (Wildman–Crippen LogP) is 1.35. The number of aliphatic hydroxyl groups is 1. The summed E-state index contributed by atoms with van der Waals surface area (Å²) in [5, 5.41) is 10.2. The number of pyridine rings is 1. The Bertz CT molecular complexity index is 1020. The molecule has 3 atom stereocenters. The van der Waals surface area contributed by atoms with Crippen LogP contribution in [0.3, 0.4) is 0 Å². The van der Waals surface area contributed by atoms with Gasteiger partial charge in [0, 0.05) is 24.1 Å². The number of alkyl halides is 3. The van der Waals surface area contributed by atoms with E-state index in [-0.39, 0.29) is 24.8 Å². The molecule has 8 nitrogen and oxygen atoms in total. The van der Waals surface area contributed by atoms with Gasteiger partial charge in [-0.15, -0.1) is 0 Å². The minimum atomic E-state index is -4.67. The lowest BCUT2D eigenvalue weighted by molar-refractivity contribution is -0.146. The normalized spacial score (nSPS) is 29.3. The topological polar surface area (TPSA) is 123 Å². The lowest BCUT2D eigenvalue weighted by Gasteiger charge is -2.41. The van der Waals surface area contributed by atoms with Crippen LogP contribution in [0.1, 0.15) is 31.7 Å². The van der Waals surface area contributed by atoms with E-state index in [1.165, 1.54) is 6.92 Å². The molecule has 0 aliphatic heterocycles. The Morgan fingerprint density at radius 3 is 2.57 bits per heavy atom. The highest BCUT2D eigenvalue weighted by atomic mass is 32.2. The molecule has 0 bridgehead atoms. The SMILES string of the molecule is COC(=O)C1=C[C@](C)(NS(=O)(=O)c2ccc(C(F)(F)F)cn2)C[C@H]2CCC(=O)[C@@]12O. The van der Waals surface area contributed by atoms with Gasteiger partial charge in [0.25, 0.3) is 10.0 Å². The van der Waals surface area contributed by atoms with Crippen molar-refractivity contribution >= 4 is 21.8 Å². The van der Waals surface area contributed by atoms with Gasteiger partial charge in [0.1, 0.15) is 0 Å². The molecular weight excluding hydrogens is 429 g/mol. The molecule has 0 amide bonds. The number of ether oxygens (including phenoxy) is 1. The van der Waals surface area contributed by atoms with E-state index < -0.39 is 55.6 Å². The maximum absolute atomic E-state index is 12.7. The van der Waals surface area contributed by atoms with Gasteiger partial charge in [-0.1, -0.05) is 0 Å². The molecule has 0 unspecified atom stereocenters. The van der Waals surface area contributed by atoms with Gasteiger partial charge in [0.2, 0.25) is 0 Å². The second-order valence-electron chi connectivity index (χ2n) is 7.58. The van der Waals surface area contributed by atoms with E-state index in [0.29, 0.717) is 12.3 Å². The largest absolute Gasteiger partial charge is 0.466 e. The summed E-state index contributed by atoms with van der Waals surface area (Å²) in [7, 11) is -3.33. The standard InChI is InChI=1S/C18H19F3N2O6S/c1-16(23-30(27,28)14-6-4-11(9-22-14)18(19,20)21)7-10-3-5-13(24)17(10,26)12(8-16)15(25)29-2/h4,6,8-10,23,26H,3,5,7H2,1-2H3/t10-,16-,17+/m1/s1. The van der Waals surface area contributed by atoms with Crippen LogP contribution in [-0.4, -0.2) is 48.5 Å². The van der Waals surface area contributed by atoms with Crippen molar-refractivity contribution in [1.82, 2.24) is 9.71 Å². The number of nitrogens with zero attached hydrogens (tertiary/aromatic N) is 1. The number of aromatic nitrogens is 1. The number of fused-ring (bicyclic) bond motifs is 1. The number of carbonyl (C=O) groups excluding carboxylic acids is 2. The number of ketones is 1. The summed E-state index contributed by atoms with van der Waals surface area (Å²) < 4.78 is 70.5. The van der Waals surface area contributed by atoms with E-state index in [1.54, 1.807) is 0 Å². The van der Waals surface area contributed by atoms with Crippen LogP contribution in [0.4, 0.5) is 13.2 Å². The number of carbonyl (C=O) groups is 2. The predicted molar refractivity (Wildman–Crippen MR) is 95.4 cm³/mol. The molecule has 0 saturated heterocycles. The zero-order valence-electron chi connectivity index (χ0n) is 16.0. The quantitative estimate of drug-likeness (QED) is 0.667. The number of nitrogens with one attached hydrogen (secondary N) is 1. The highest BCUT2D eigenvalue weighted by molar-refractivity contribution is 7.89. The van der Waals surface area contributed by atoms with Crippen LogP contribution >= 0.6 is 0 Å². The lowest BCUT2D eigenvalue weighted by Crippen LogP contribution is -2.56. The van der Waals surface area contributed by atoms with Crippen molar-refractivity contribution in [2.45, 2.75) is 48.5 Å². The van der Waals surface area contributed by atoms with Gasteiger partial charge in [-0.25, -0.2) is 22.9 Å². The smallest absolute Gasteiger partial charge is 0.417 e. The number of methoxy groups -OCH3 is 1. The number of Topliss-reactive ketones (excluding diaryl/α,β-unsaturated/α-hetero) is 1.